The molecule has 206 valence electrons. The van der Waals surface area contributed by atoms with Gasteiger partial charge in [-0.25, -0.2) is 33.2 Å². The molecule has 2 aromatic carbocycles. The fraction of sp³-hybridized carbons (Fsp3) is 0.296. The van der Waals surface area contributed by atoms with Crippen LogP contribution in [0.4, 0.5) is 20.3 Å². The predicted molar refractivity (Wildman–Crippen MR) is 143 cm³/mol. The Morgan fingerprint density at radius 1 is 1.07 bits per heavy atom. The van der Waals surface area contributed by atoms with Crippen LogP contribution in [0.15, 0.2) is 55.4 Å². The maximum atomic E-state index is 15.3. The number of rotatable bonds is 7. The van der Waals surface area contributed by atoms with Crippen LogP contribution in [0.2, 0.25) is 0 Å². The van der Waals surface area contributed by atoms with E-state index in [0.29, 0.717) is 33.4 Å². The summed E-state index contributed by atoms with van der Waals surface area (Å²) in [6.07, 6.45) is 1.96. The fourth-order valence-corrected chi connectivity index (χ4v) is 4.46. The highest BCUT2D eigenvalue weighted by atomic mass is 19.3. The largest absolute Gasteiger partial charge is 0.493 e. The second kappa shape index (κ2) is 10.2. The molecule has 1 aliphatic rings. The van der Waals surface area contributed by atoms with Gasteiger partial charge in [0.05, 0.1) is 28.6 Å². The first-order valence-corrected chi connectivity index (χ1v) is 12.1. The van der Waals surface area contributed by atoms with Gasteiger partial charge in [-0.15, -0.1) is 0 Å². The summed E-state index contributed by atoms with van der Waals surface area (Å²) in [5.41, 5.74) is 2.03. The summed E-state index contributed by atoms with van der Waals surface area (Å²) in [5.74, 6) is -3.35. The van der Waals surface area contributed by atoms with E-state index in [2.05, 4.69) is 30.4 Å². The number of hydrogen-bond donors (Lipinski definition) is 1. The number of anilines is 2. The average molecular weight is 555 g/mol. The molecule has 0 spiro atoms. The maximum absolute atomic E-state index is 15.3. The van der Waals surface area contributed by atoms with Crippen LogP contribution < -0.4 is 19.5 Å². The molecule has 11 nitrogen and oxygen atoms in total. The molecule has 3 aromatic heterocycles. The van der Waals surface area contributed by atoms with Crippen LogP contribution in [0.25, 0.3) is 16.6 Å². The molecule has 0 aliphatic carbocycles. The number of hydrogen-bond acceptors (Lipinski definition) is 10. The highest BCUT2D eigenvalue weighted by Crippen LogP contribution is 2.42. The SMILES string of the molecule is [2H]C([2H])([2H])Oc1ccc2ncnc(Nc3ccc(Oc4cc5ncnn5cn4)c(C)c3)c2c1O[C@@H]1CCN(C([2H])([2H])[2H])CC1(F)F. The number of aryl methyl sites for hydroxylation is 1. The van der Waals surface area contributed by atoms with Crippen LogP contribution in [0.5, 0.6) is 23.1 Å². The van der Waals surface area contributed by atoms with Crippen LogP contribution in [0, 0.1) is 6.92 Å². The third-order valence-electron chi connectivity index (χ3n) is 6.42. The molecule has 6 rings (SSSR count). The number of halogens is 2. The smallest absolute Gasteiger partial charge is 0.296 e. The van der Waals surface area contributed by atoms with E-state index >= 15 is 8.78 Å². The number of nitrogens with zero attached hydrogens (tertiary/aromatic N) is 7. The van der Waals surface area contributed by atoms with Crippen molar-refractivity contribution in [3.05, 3.63) is 60.9 Å². The van der Waals surface area contributed by atoms with E-state index < -0.39 is 32.6 Å². The van der Waals surface area contributed by atoms with Crippen LogP contribution in [-0.2, 0) is 0 Å². The monoisotopic (exact) mass is 554 g/mol. The minimum atomic E-state index is -3.60. The van der Waals surface area contributed by atoms with Crippen LogP contribution >= 0.6 is 0 Å². The molecule has 1 atom stereocenters. The van der Waals surface area contributed by atoms with Gasteiger partial charge >= 0.3 is 0 Å². The molecule has 0 saturated carbocycles. The van der Waals surface area contributed by atoms with E-state index in [1.807, 2.05) is 0 Å². The van der Waals surface area contributed by atoms with Crippen molar-refractivity contribution in [2.24, 2.45) is 0 Å². The molecule has 4 heterocycles. The van der Waals surface area contributed by atoms with Crippen molar-refractivity contribution in [1.82, 2.24) is 34.4 Å². The highest BCUT2D eigenvalue weighted by molar-refractivity contribution is 5.97. The number of fused-ring (bicyclic) bond motifs is 2. The molecule has 1 N–H and O–H groups in total. The standard InChI is InChI=1S/C27H26F2N8O3/c1-16-10-17(4-6-19(16)39-23-11-22-31-14-34-37(22)15-33-23)35-26-24-18(30-13-32-26)5-7-20(38-3)25(24)40-21-8-9-36(2)12-27(21,28)29/h4-7,10-11,13-15,21H,8-9,12H2,1-3H3,(H,30,32,35)/t21-/m1/s1/i2D3,3D3. The maximum Gasteiger partial charge on any atom is 0.296 e. The summed E-state index contributed by atoms with van der Waals surface area (Å²) < 4.78 is 94.5. The molecule has 0 amide bonds. The lowest BCUT2D eigenvalue weighted by atomic mass is 10.0. The lowest BCUT2D eigenvalue weighted by molar-refractivity contribution is -0.135. The quantitative estimate of drug-likeness (QED) is 0.305. The van der Waals surface area contributed by atoms with Gasteiger partial charge in [-0.3, -0.25) is 0 Å². The first kappa shape index (κ1) is 19.4. The average Bonchev–Trinajstić information content (AvgIpc) is 3.43. The van der Waals surface area contributed by atoms with Crippen LogP contribution in [0.1, 0.15) is 20.2 Å². The normalized spacial score (nSPS) is 20.0. The molecule has 0 bridgehead atoms. The second-order valence-electron chi connectivity index (χ2n) is 9.19. The van der Waals surface area contributed by atoms with Crippen LogP contribution in [-0.4, -0.2) is 73.6 Å². The Bertz CT molecular complexity index is 1910. The zero-order chi connectivity index (χ0) is 32.9. The summed E-state index contributed by atoms with van der Waals surface area (Å²) in [4.78, 5) is 17.5. The van der Waals surface area contributed by atoms with Gasteiger partial charge < -0.3 is 24.4 Å². The van der Waals surface area contributed by atoms with Gasteiger partial charge in [0.25, 0.3) is 5.92 Å². The summed E-state index contributed by atoms with van der Waals surface area (Å²) in [6.45, 7) is -2.19. The number of aromatic nitrogens is 6. The fourth-order valence-electron chi connectivity index (χ4n) is 4.46. The number of likely N-dealkylation sites (tertiary alicyclic amines) is 1. The summed E-state index contributed by atoms with van der Waals surface area (Å²) in [6, 6.07) is 9.47. The molecule has 1 aliphatic heterocycles. The lowest BCUT2D eigenvalue weighted by Crippen LogP contribution is -2.52. The van der Waals surface area contributed by atoms with Crippen molar-refractivity contribution in [3.63, 3.8) is 0 Å². The molecule has 40 heavy (non-hydrogen) atoms. The Morgan fingerprint density at radius 3 is 2.80 bits per heavy atom. The van der Waals surface area contributed by atoms with Gasteiger partial charge in [0.15, 0.2) is 23.3 Å². The number of piperidine rings is 1. The zero-order valence-corrected chi connectivity index (χ0v) is 21.0. The van der Waals surface area contributed by atoms with E-state index in [-0.39, 0.29) is 41.2 Å². The molecular formula is C27H26F2N8O3. The van der Waals surface area contributed by atoms with Crippen molar-refractivity contribution in [2.75, 3.05) is 32.4 Å². The van der Waals surface area contributed by atoms with Gasteiger partial charge in [-0.1, -0.05) is 0 Å². The molecule has 0 unspecified atom stereocenters. The molecule has 1 fully saturated rings. The molecule has 5 aromatic rings. The molecule has 0 radical (unpaired) electrons. The van der Waals surface area contributed by atoms with E-state index in [9.17, 15) is 0 Å². The van der Waals surface area contributed by atoms with Gasteiger partial charge in [-0.2, -0.15) is 5.10 Å². The van der Waals surface area contributed by atoms with Crippen molar-refractivity contribution in [2.45, 2.75) is 25.4 Å². The Hall–Kier alpha value is -4.65. The number of alkyl halides is 2. The second-order valence-corrected chi connectivity index (χ2v) is 9.19. The summed E-state index contributed by atoms with van der Waals surface area (Å²) in [7, 11) is -2.94. The van der Waals surface area contributed by atoms with Crippen molar-refractivity contribution < 1.29 is 31.2 Å². The highest BCUT2D eigenvalue weighted by Gasteiger charge is 2.46. The molecular weight excluding hydrogens is 522 g/mol. The van der Waals surface area contributed by atoms with E-state index in [0.717, 1.165) is 0 Å². The van der Waals surface area contributed by atoms with Gasteiger partial charge in [0.2, 0.25) is 5.88 Å². The third kappa shape index (κ3) is 4.91. The Labute approximate surface area is 236 Å². The predicted octanol–water partition coefficient (Wildman–Crippen LogP) is 4.64. The first-order valence-electron chi connectivity index (χ1n) is 15.1. The Morgan fingerprint density at radius 2 is 1.98 bits per heavy atom. The van der Waals surface area contributed by atoms with Crippen LogP contribution in [0.3, 0.4) is 0 Å². The summed E-state index contributed by atoms with van der Waals surface area (Å²) >= 11 is 0. The third-order valence-corrected chi connectivity index (χ3v) is 6.42. The molecule has 13 heteroatoms. The van der Waals surface area contributed by atoms with Gasteiger partial charge in [0.1, 0.15) is 30.5 Å². The first-order chi connectivity index (χ1) is 21.7. The minimum absolute atomic E-state index is 0.0853. The number of methoxy groups -OCH3 is 1. The number of nitrogens with one attached hydrogen (secondary N) is 1. The molecule has 1 saturated heterocycles. The van der Waals surface area contributed by atoms with Crippen molar-refractivity contribution in [1.29, 1.82) is 0 Å². The number of ether oxygens (including phenoxy) is 3. The van der Waals surface area contributed by atoms with Crippen molar-refractivity contribution in [3.8, 4) is 23.1 Å². The van der Waals surface area contributed by atoms with Gasteiger partial charge in [-0.05, 0) is 49.8 Å². The lowest BCUT2D eigenvalue weighted by Gasteiger charge is -2.36. The van der Waals surface area contributed by atoms with Gasteiger partial charge in [0, 0.05) is 28.8 Å². The van der Waals surface area contributed by atoms with E-state index in [1.54, 1.807) is 31.2 Å². The number of benzene rings is 2. The summed E-state index contributed by atoms with van der Waals surface area (Å²) in [5, 5.41) is 7.21. The zero-order valence-electron chi connectivity index (χ0n) is 27.0. The minimum Gasteiger partial charge on any atom is -0.493 e. The Balaban J connectivity index is 1.33. The Kier molecular flexibility index (Phi) is 4.93. The van der Waals surface area contributed by atoms with E-state index in [4.69, 9.17) is 22.4 Å². The topological polar surface area (TPSA) is 112 Å². The van der Waals surface area contributed by atoms with Crippen molar-refractivity contribution >= 4 is 28.1 Å². The van der Waals surface area contributed by atoms with E-state index in [1.165, 1.54) is 35.6 Å².